The Kier molecular flexibility index (Phi) is 5.59. The number of carbonyl (C=O) groups is 1. The first-order valence-electron chi connectivity index (χ1n) is 8.19. The van der Waals surface area contributed by atoms with Gasteiger partial charge in [-0.2, -0.15) is 5.10 Å². The van der Waals surface area contributed by atoms with Crippen LogP contribution in [-0.2, 0) is 11.2 Å². The van der Waals surface area contributed by atoms with Crippen LogP contribution in [0, 0.1) is 0 Å². The van der Waals surface area contributed by atoms with Crippen molar-refractivity contribution in [2.75, 3.05) is 5.32 Å². The number of benzene rings is 2. The van der Waals surface area contributed by atoms with E-state index < -0.39 is 0 Å². The predicted octanol–water partition coefficient (Wildman–Crippen LogP) is 5.08. The molecule has 0 bridgehead atoms. The number of carbonyl (C=O) groups excluding carboxylic acids is 1. The number of amides is 1. The second kappa shape index (κ2) is 7.89. The highest BCUT2D eigenvalue weighted by Gasteiger charge is 2.14. The second-order valence-electron chi connectivity index (χ2n) is 6.22. The van der Waals surface area contributed by atoms with Gasteiger partial charge in [-0.15, -0.1) is 0 Å². The number of nitrogens with one attached hydrogen (secondary N) is 2. The van der Waals surface area contributed by atoms with Gasteiger partial charge in [0.15, 0.2) is 5.82 Å². The molecular weight excluding hydrogens is 371 g/mol. The van der Waals surface area contributed by atoms with Gasteiger partial charge in [0, 0.05) is 11.5 Å². The van der Waals surface area contributed by atoms with Crippen LogP contribution in [0.3, 0.4) is 0 Å². The minimum atomic E-state index is -0.157. The van der Waals surface area contributed by atoms with Crippen molar-refractivity contribution in [2.45, 2.75) is 26.2 Å². The number of halogens is 2. The van der Waals surface area contributed by atoms with E-state index in [4.69, 9.17) is 23.2 Å². The number of H-pyrrole nitrogens is 1. The summed E-state index contributed by atoms with van der Waals surface area (Å²) in [6.45, 7) is 4.07. The molecule has 0 unspecified atom stereocenters. The SMILES string of the molecule is CC(C)c1nc(-c2ccccc2NC(=O)Cc2ccc(Cl)c(Cl)c2)n[nH]1. The number of hydrogen-bond donors (Lipinski definition) is 2. The van der Waals surface area contributed by atoms with Crippen LogP contribution in [0.5, 0.6) is 0 Å². The Morgan fingerprint density at radius 3 is 2.62 bits per heavy atom. The van der Waals surface area contributed by atoms with Gasteiger partial charge in [-0.3, -0.25) is 9.89 Å². The lowest BCUT2D eigenvalue weighted by Crippen LogP contribution is -2.15. The van der Waals surface area contributed by atoms with Crippen LogP contribution in [0.15, 0.2) is 42.5 Å². The first-order chi connectivity index (χ1) is 12.4. The van der Waals surface area contributed by atoms with Crippen LogP contribution in [0.1, 0.15) is 31.2 Å². The second-order valence-corrected chi connectivity index (χ2v) is 7.03. The van der Waals surface area contributed by atoms with Gasteiger partial charge in [0.1, 0.15) is 5.82 Å². The molecule has 0 saturated heterocycles. The zero-order chi connectivity index (χ0) is 18.7. The third kappa shape index (κ3) is 4.23. The molecule has 0 aliphatic carbocycles. The molecule has 0 aliphatic rings. The lowest BCUT2D eigenvalue weighted by Gasteiger charge is -2.09. The third-order valence-electron chi connectivity index (χ3n) is 3.84. The summed E-state index contributed by atoms with van der Waals surface area (Å²) in [5.74, 6) is 1.44. The molecule has 3 aromatic rings. The van der Waals surface area contributed by atoms with Crippen molar-refractivity contribution >= 4 is 34.8 Å². The molecule has 1 heterocycles. The number of nitrogens with zero attached hydrogens (tertiary/aromatic N) is 2. The normalized spacial score (nSPS) is 11.0. The van der Waals surface area contributed by atoms with Crippen molar-refractivity contribution in [3.8, 4) is 11.4 Å². The van der Waals surface area contributed by atoms with Crippen LogP contribution < -0.4 is 5.32 Å². The molecule has 0 aliphatic heterocycles. The molecule has 0 atom stereocenters. The fourth-order valence-corrected chi connectivity index (χ4v) is 2.79. The van der Waals surface area contributed by atoms with Crippen molar-refractivity contribution in [2.24, 2.45) is 0 Å². The molecule has 134 valence electrons. The molecule has 1 aromatic heterocycles. The van der Waals surface area contributed by atoms with Gasteiger partial charge in [0.25, 0.3) is 0 Å². The fourth-order valence-electron chi connectivity index (χ4n) is 2.47. The minimum Gasteiger partial charge on any atom is -0.325 e. The van der Waals surface area contributed by atoms with E-state index in [0.717, 1.165) is 17.0 Å². The summed E-state index contributed by atoms with van der Waals surface area (Å²) in [5.41, 5.74) is 2.21. The highest BCUT2D eigenvalue weighted by molar-refractivity contribution is 6.42. The average molecular weight is 389 g/mol. The minimum absolute atomic E-state index is 0.157. The zero-order valence-electron chi connectivity index (χ0n) is 14.4. The van der Waals surface area contributed by atoms with E-state index in [1.807, 2.05) is 38.1 Å². The smallest absolute Gasteiger partial charge is 0.228 e. The van der Waals surface area contributed by atoms with E-state index in [1.165, 1.54) is 0 Å². The van der Waals surface area contributed by atoms with Crippen LogP contribution in [0.4, 0.5) is 5.69 Å². The Balaban J connectivity index is 1.79. The van der Waals surface area contributed by atoms with E-state index in [0.29, 0.717) is 21.6 Å². The number of rotatable bonds is 5. The lowest BCUT2D eigenvalue weighted by atomic mass is 10.1. The van der Waals surface area contributed by atoms with Gasteiger partial charge in [-0.25, -0.2) is 4.98 Å². The van der Waals surface area contributed by atoms with Crippen LogP contribution in [0.25, 0.3) is 11.4 Å². The molecule has 26 heavy (non-hydrogen) atoms. The summed E-state index contributed by atoms with van der Waals surface area (Å²) in [5, 5.41) is 11.0. The maximum atomic E-state index is 12.4. The Labute approximate surface area is 161 Å². The third-order valence-corrected chi connectivity index (χ3v) is 4.58. The Morgan fingerprint density at radius 2 is 1.92 bits per heavy atom. The van der Waals surface area contributed by atoms with Crippen molar-refractivity contribution in [1.82, 2.24) is 15.2 Å². The molecule has 0 fully saturated rings. The molecule has 5 nitrogen and oxygen atoms in total. The summed E-state index contributed by atoms with van der Waals surface area (Å²) >= 11 is 11.9. The summed E-state index contributed by atoms with van der Waals surface area (Å²) < 4.78 is 0. The number of anilines is 1. The number of aromatic nitrogens is 3. The van der Waals surface area contributed by atoms with E-state index in [1.54, 1.807) is 18.2 Å². The van der Waals surface area contributed by atoms with E-state index in [-0.39, 0.29) is 18.2 Å². The first kappa shape index (κ1) is 18.4. The summed E-state index contributed by atoms with van der Waals surface area (Å²) in [7, 11) is 0. The van der Waals surface area contributed by atoms with E-state index in [9.17, 15) is 4.79 Å². The molecule has 2 N–H and O–H groups in total. The maximum absolute atomic E-state index is 12.4. The van der Waals surface area contributed by atoms with Gasteiger partial charge in [-0.05, 0) is 29.8 Å². The summed E-state index contributed by atoms with van der Waals surface area (Å²) in [6, 6.07) is 12.6. The Hall–Kier alpha value is -2.37. The van der Waals surface area contributed by atoms with Gasteiger partial charge in [0.2, 0.25) is 5.91 Å². The highest BCUT2D eigenvalue weighted by atomic mass is 35.5. The van der Waals surface area contributed by atoms with Gasteiger partial charge < -0.3 is 5.32 Å². The van der Waals surface area contributed by atoms with Gasteiger partial charge in [-0.1, -0.05) is 55.2 Å². The van der Waals surface area contributed by atoms with Gasteiger partial charge in [0.05, 0.1) is 22.2 Å². The topological polar surface area (TPSA) is 70.7 Å². The molecular formula is C19H18Cl2N4O. The van der Waals surface area contributed by atoms with E-state index >= 15 is 0 Å². The van der Waals surface area contributed by atoms with Crippen molar-refractivity contribution in [1.29, 1.82) is 0 Å². The fraction of sp³-hybridized carbons (Fsp3) is 0.211. The largest absolute Gasteiger partial charge is 0.325 e. The monoisotopic (exact) mass is 388 g/mol. The summed E-state index contributed by atoms with van der Waals surface area (Å²) in [4.78, 5) is 16.9. The number of para-hydroxylation sites is 1. The highest BCUT2D eigenvalue weighted by Crippen LogP contribution is 2.27. The molecule has 0 saturated carbocycles. The first-order valence-corrected chi connectivity index (χ1v) is 8.95. The molecule has 7 heteroatoms. The van der Waals surface area contributed by atoms with Gasteiger partial charge >= 0.3 is 0 Å². The van der Waals surface area contributed by atoms with Crippen LogP contribution in [0.2, 0.25) is 10.0 Å². The number of hydrogen-bond acceptors (Lipinski definition) is 3. The van der Waals surface area contributed by atoms with E-state index in [2.05, 4.69) is 20.5 Å². The number of aromatic amines is 1. The Bertz CT molecular complexity index is 937. The van der Waals surface area contributed by atoms with Crippen molar-refractivity contribution in [3.63, 3.8) is 0 Å². The van der Waals surface area contributed by atoms with Crippen molar-refractivity contribution in [3.05, 3.63) is 63.9 Å². The van der Waals surface area contributed by atoms with Crippen LogP contribution in [-0.4, -0.2) is 21.1 Å². The standard InChI is InChI=1S/C19H18Cl2N4O/c1-11(2)18-23-19(25-24-18)13-5-3-4-6-16(13)22-17(26)10-12-7-8-14(20)15(21)9-12/h3-9,11H,10H2,1-2H3,(H,22,26)(H,23,24,25). The summed E-state index contributed by atoms with van der Waals surface area (Å²) in [6.07, 6.45) is 0.191. The lowest BCUT2D eigenvalue weighted by molar-refractivity contribution is -0.115. The molecule has 2 aromatic carbocycles. The quantitative estimate of drug-likeness (QED) is 0.639. The van der Waals surface area contributed by atoms with Crippen LogP contribution >= 0.6 is 23.2 Å². The zero-order valence-corrected chi connectivity index (χ0v) is 15.9. The molecule has 1 amide bonds. The van der Waals surface area contributed by atoms with Crippen molar-refractivity contribution < 1.29 is 4.79 Å². The average Bonchev–Trinajstić information content (AvgIpc) is 3.09. The maximum Gasteiger partial charge on any atom is 0.228 e. The Morgan fingerprint density at radius 1 is 1.15 bits per heavy atom. The molecule has 0 radical (unpaired) electrons. The molecule has 3 rings (SSSR count). The molecule has 0 spiro atoms. The predicted molar refractivity (Wildman–Crippen MR) is 105 cm³/mol.